The van der Waals surface area contributed by atoms with Gasteiger partial charge in [0.2, 0.25) is 11.8 Å². The van der Waals surface area contributed by atoms with Crippen molar-refractivity contribution >= 4 is 40.5 Å². The number of nitrogens with zero attached hydrogens (tertiary/aromatic N) is 6. The maximum Gasteiger partial charge on any atom is 0.324 e. The number of morpholine rings is 1. The second-order valence-corrected chi connectivity index (χ2v) is 22.1. The van der Waals surface area contributed by atoms with Crippen LogP contribution in [0.5, 0.6) is 5.75 Å². The van der Waals surface area contributed by atoms with Gasteiger partial charge in [-0.3, -0.25) is 38.9 Å². The van der Waals surface area contributed by atoms with Gasteiger partial charge in [0.1, 0.15) is 23.9 Å². The number of hydrazine groups is 1. The van der Waals surface area contributed by atoms with E-state index in [0.29, 0.717) is 69.7 Å². The van der Waals surface area contributed by atoms with E-state index in [4.69, 9.17) is 19.2 Å². The molecule has 4 aromatic rings. The standard InChI is InChI=1S/C58H76N8O9/c1-11-64-49-19-18-40-29-45(49)46(53(64)44-15-12-21-59-51(44)38(6)73-10)30-58(7,8)34-75-57(72)47-16-13-23-66(61-47)56(71)48(27-39-25-42(40)28-43(67)26-39)60-54(69)52(35(2)3)62(9)55(70)41-20-24-63(31-41)50(68)17-14-22-65-36(4)32-74-33-37(65)5/h12,15,18-19,21,25-26,28-29,35-38,41,47-48,52,61,67H,11,13,16,20,22-24,27,30-34H2,1-10H3,(H,60,69)/t36-,37-,38-,41-,47-,48-,52?/m0/s1. The number of amides is 4. The number of esters is 1. The molecule has 8 rings (SSSR count). The second-order valence-electron chi connectivity index (χ2n) is 22.1. The number of benzene rings is 2. The van der Waals surface area contributed by atoms with E-state index < -0.39 is 47.2 Å². The van der Waals surface area contributed by atoms with Crippen molar-refractivity contribution in [3.05, 3.63) is 71.5 Å². The predicted octanol–water partition coefficient (Wildman–Crippen LogP) is 5.90. The van der Waals surface area contributed by atoms with Crippen molar-refractivity contribution in [2.24, 2.45) is 17.3 Å². The molecule has 17 heteroatoms. The van der Waals surface area contributed by atoms with Crippen LogP contribution in [0, 0.1) is 29.1 Å². The SMILES string of the molecule is CCn1c(-c2cccnc2[C@H](C)OC)c2c3cc(ccc31)-c1cc(O)cc(c1)C[C@H](NC(=O)C(C(C)C)N(C)C(=O)[C@H]1CCN(C(=O)C#CCN3[C@@H](C)COC[C@@H]3C)C1)C(=O)N1CCC[C@H](N1)C(=O)OCC(C)(C)C2. The van der Waals surface area contributed by atoms with Gasteiger partial charge in [-0.25, -0.2) is 5.43 Å². The highest BCUT2D eigenvalue weighted by Crippen LogP contribution is 2.42. The number of pyridine rings is 1. The van der Waals surface area contributed by atoms with Gasteiger partial charge in [0.05, 0.1) is 49.8 Å². The van der Waals surface area contributed by atoms with E-state index >= 15 is 0 Å². The lowest BCUT2D eigenvalue weighted by Crippen LogP contribution is -2.62. The lowest BCUT2D eigenvalue weighted by Gasteiger charge is -2.37. The number of aryl methyl sites for hydroxylation is 1. The maximum absolute atomic E-state index is 14.9. The van der Waals surface area contributed by atoms with Crippen LogP contribution in [0.15, 0.2) is 54.7 Å². The third-order valence-corrected chi connectivity index (χ3v) is 15.5. The Hall–Kier alpha value is -6.32. The Morgan fingerprint density at radius 2 is 1.79 bits per heavy atom. The molecule has 4 aliphatic rings. The summed E-state index contributed by atoms with van der Waals surface area (Å²) < 4.78 is 19.9. The number of aromatic hydroxyl groups is 1. The molecule has 7 atom stereocenters. The van der Waals surface area contributed by atoms with Crippen LogP contribution in [0.4, 0.5) is 0 Å². The molecule has 17 nitrogen and oxygen atoms in total. The number of phenolic OH excluding ortho intramolecular Hbond substituents is 1. The van der Waals surface area contributed by atoms with Gasteiger partial charge in [0.25, 0.3) is 11.8 Å². The Bertz CT molecular complexity index is 2840. The zero-order valence-corrected chi connectivity index (χ0v) is 45.4. The first-order chi connectivity index (χ1) is 35.8. The van der Waals surface area contributed by atoms with Crippen molar-refractivity contribution in [1.29, 1.82) is 0 Å². The van der Waals surface area contributed by atoms with Crippen LogP contribution in [-0.2, 0) is 57.6 Å². The molecule has 2 aromatic heterocycles. The van der Waals surface area contributed by atoms with E-state index in [0.717, 1.165) is 39.0 Å². The number of fused-ring (bicyclic) bond motifs is 6. The molecule has 402 valence electrons. The average Bonchev–Trinajstić information content (AvgIpc) is 4.01. The molecule has 3 saturated heterocycles. The van der Waals surface area contributed by atoms with Crippen LogP contribution in [0.1, 0.15) is 97.6 Å². The fourth-order valence-electron chi connectivity index (χ4n) is 11.5. The number of nitrogens with one attached hydrogen (secondary N) is 2. The van der Waals surface area contributed by atoms with Crippen LogP contribution in [0.2, 0.25) is 0 Å². The summed E-state index contributed by atoms with van der Waals surface area (Å²) in [6.45, 7) is 19.3. The molecule has 2 aromatic carbocycles. The number of rotatable bonds is 10. The fraction of sp³-hybridized carbons (Fsp3) is 0.552. The molecule has 1 unspecified atom stereocenters. The molecule has 6 bridgehead atoms. The van der Waals surface area contributed by atoms with Crippen LogP contribution in [0.25, 0.3) is 33.3 Å². The number of hydrogen-bond donors (Lipinski definition) is 3. The number of carbonyl (C=O) groups is 5. The minimum absolute atomic E-state index is 0.0167. The van der Waals surface area contributed by atoms with Gasteiger partial charge in [-0.1, -0.05) is 45.7 Å². The topological polar surface area (TPSA) is 188 Å². The summed E-state index contributed by atoms with van der Waals surface area (Å²) in [5.41, 5.74) is 9.51. The Labute approximate surface area is 441 Å². The number of aromatic nitrogens is 2. The third kappa shape index (κ3) is 12.0. The first-order valence-electron chi connectivity index (χ1n) is 26.7. The van der Waals surface area contributed by atoms with Crippen LogP contribution in [-0.4, -0.2) is 154 Å². The Morgan fingerprint density at radius 1 is 1.03 bits per heavy atom. The summed E-state index contributed by atoms with van der Waals surface area (Å²) in [4.78, 5) is 81.2. The third-order valence-electron chi connectivity index (χ3n) is 15.5. The first-order valence-corrected chi connectivity index (χ1v) is 26.7. The number of phenols is 1. The highest BCUT2D eigenvalue weighted by Gasteiger charge is 2.40. The monoisotopic (exact) mass is 1030 g/mol. The van der Waals surface area contributed by atoms with Gasteiger partial charge < -0.3 is 39.0 Å². The van der Waals surface area contributed by atoms with Gasteiger partial charge in [-0.15, -0.1) is 0 Å². The van der Waals surface area contributed by atoms with E-state index in [2.05, 4.69) is 84.9 Å². The van der Waals surface area contributed by atoms with Gasteiger partial charge in [0.15, 0.2) is 0 Å². The molecule has 4 amide bonds. The van der Waals surface area contributed by atoms with Crippen molar-refractivity contribution in [2.75, 3.05) is 60.2 Å². The molecular formula is C58H76N8O9. The molecule has 4 aliphatic heterocycles. The van der Waals surface area contributed by atoms with Gasteiger partial charge in [-0.05, 0) is 124 Å². The summed E-state index contributed by atoms with van der Waals surface area (Å²) >= 11 is 0. The van der Waals surface area contributed by atoms with Gasteiger partial charge in [0, 0.05) is 86.9 Å². The average molecular weight is 1030 g/mol. The number of ether oxygens (including phenoxy) is 3. The molecule has 3 N–H and O–H groups in total. The first kappa shape index (κ1) is 54.9. The van der Waals surface area contributed by atoms with Crippen LogP contribution < -0.4 is 10.7 Å². The number of hydrogen-bond acceptors (Lipinski definition) is 12. The molecule has 6 heterocycles. The molecule has 0 radical (unpaired) electrons. The zero-order valence-electron chi connectivity index (χ0n) is 45.4. The molecule has 0 spiro atoms. The molecule has 0 saturated carbocycles. The van der Waals surface area contributed by atoms with Crippen molar-refractivity contribution in [3.63, 3.8) is 0 Å². The summed E-state index contributed by atoms with van der Waals surface area (Å²) in [5.74, 6) is 2.75. The quantitative estimate of drug-likeness (QED) is 0.126. The van der Waals surface area contributed by atoms with Crippen LogP contribution >= 0.6 is 0 Å². The molecule has 75 heavy (non-hydrogen) atoms. The lowest BCUT2D eigenvalue weighted by molar-refractivity contribution is -0.155. The second kappa shape index (κ2) is 23.3. The van der Waals surface area contributed by atoms with E-state index in [9.17, 15) is 29.1 Å². The van der Waals surface area contributed by atoms with E-state index in [1.165, 1.54) is 9.91 Å². The number of carbonyl (C=O) groups excluding carboxylic acids is 5. The molecular weight excluding hydrogens is 953 g/mol. The summed E-state index contributed by atoms with van der Waals surface area (Å²) in [6.07, 6.45) is 3.35. The highest BCUT2D eigenvalue weighted by molar-refractivity contribution is 5.97. The Balaban J connectivity index is 1.10. The Kier molecular flexibility index (Phi) is 17.1. The lowest BCUT2D eigenvalue weighted by atomic mass is 9.84. The van der Waals surface area contributed by atoms with Crippen molar-refractivity contribution < 1.29 is 43.3 Å². The number of likely N-dealkylation sites (N-methyl/N-ethyl adjacent to an activating group) is 1. The van der Waals surface area contributed by atoms with Crippen molar-refractivity contribution in [2.45, 2.75) is 130 Å². The van der Waals surface area contributed by atoms with Crippen molar-refractivity contribution in [3.8, 4) is 40.0 Å². The smallest absolute Gasteiger partial charge is 0.324 e. The van der Waals surface area contributed by atoms with E-state index in [1.807, 2.05) is 39.0 Å². The zero-order chi connectivity index (χ0) is 53.9. The minimum atomic E-state index is -1.18. The Morgan fingerprint density at radius 3 is 2.51 bits per heavy atom. The summed E-state index contributed by atoms with van der Waals surface area (Å²) in [6, 6.07) is 12.8. The highest BCUT2D eigenvalue weighted by atomic mass is 16.5. The maximum atomic E-state index is 14.9. The minimum Gasteiger partial charge on any atom is -0.508 e. The predicted molar refractivity (Wildman–Crippen MR) is 286 cm³/mol. The molecule has 0 aliphatic carbocycles. The van der Waals surface area contributed by atoms with E-state index in [1.54, 1.807) is 37.4 Å². The van der Waals surface area contributed by atoms with Crippen molar-refractivity contribution in [1.82, 2.24) is 40.0 Å². The number of cyclic esters (lactones) is 1. The van der Waals surface area contributed by atoms with Gasteiger partial charge >= 0.3 is 5.97 Å². The van der Waals surface area contributed by atoms with Gasteiger partial charge in [-0.2, -0.15) is 0 Å². The van der Waals surface area contributed by atoms with E-state index in [-0.39, 0.29) is 67.8 Å². The largest absolute Gasteiger partial charge is 0.508 e. The normalized spacial score (nSPS) is 23.2. The number of likely N-dealkylation sites (tertiary alicyclic amines) is 1. The summed E-state index contributed by atoms with van der Waals surface area (Å²) in [7, 11) is 3.26. The van der Waals surface area contributed by atoms with Crippen LogP contribution in [0.3, 0.4) is 0 Å². The fourth-order valence-corrected chi connectivity index (χ4v) is 11.5. The molecule has 3 fully saturated rings. The number of methoxy groups -OCH3 is 1. The summed E-state index contributed by atoms with van der Waals surface area (Å²) in [5, 5.41) is 16.8.